The van der Waals surface area contributed by atoms with E-state index in [2.05, 4.69) is 0 Å². The van der Waals surface area contributed by atoms with E-state index in [-0.39, 0.29) is 25.9 Å². The lowest BCUT2D eigenvalue weighted by Gasteiger charge is -2.41. The van der Waals surface area contributed by atoms with Crippen LogP contribution in [0.4, 0.5) is 18.0 Å². The van der Waals surface area contributed by atoms with E-state index in [1.165, 1.54) is 0 Å². The summed E-state index contributed by atoms with van der Waals surface area (Å²) >= 11 is 0. The fraction of sp³-hybridized carbons (Fsp3) is 0.700. The largest absolute Gasteiger partial charge is 0.471 e. The van der Waals surface area contributed by atoms with Gasteiger partial charge in [-0.3, -0.25) is 4.79 Å². The Morgan fingerprint density at radius 1 is 1.37 bits per heavy atom. The highest BCUT2D eigenvalue weighted by Crippen LogP contribution is 2.31. The van der Waals surface area contributed by atoms with Gasteiger partial charge in [0.1, 0.15) is 5.54 Å². The lowest BCUT2D eigenvalue weighted by molar-refractivity contribution is -0.189. The van der Waals surface area contributed by atoms with Crippen LogP contribution in [0.2, 0.25) is 0 Å². The number of amides is 2. The third-order valence-electron chi connectivity index (χ3n) is 3.26. The number of likely N-dealkylation sites (tertiary alicyclic amines) is 1. The molecule has 1 aliphatic rings. The fourth-order valence-electron chi connectivity index (χ4n) is 1.97. The first-order valence-electron chi connectivity index (χ1n) is 5.38. The van der Waals surface area contributed by atoms with Crippen molar-refractivity contribution in [2.24, 2.45) is 0 Å². The van der Waals surface area contributed by atoms with Gasteiger partial charge in [0.25, 0.3) is 0 Å². The zero-order valence-corrected chi connectivity index (χ0v) is 10.1. The molecule has 106 valence electrons. The molecule has 0 atom stereocenters. The van der Waals surface area contributed by atoms with Crippen molar-refractivity contribution in [3.63, 3.8) is 0 Å². The van der Waals surface area contributed by atoms with Crippen LogP contribution in [0.1, 0.15) is 12.8 Å². The number of hydrogen-bond donors (Lipinski definition) is 1. The Morgan fingerprint density at radius 3 is 2.16 bits per heavy atom. The standard InChI is InChI=1S/C10H12F3N3O3/c1-15(7(17)10(11,12)13)9(6-14)2-4-16(5-3-9)8(18)19/h2-5H2,1H3,(H,18,19). The van der Waals surface area contributed by atoms with Crippen molar-refractivity contribution in [2.45, 2.75) is 24.6 Å². The topological polar surface area (TPSA) is 84.6 Å². The van der Waals surface area contributed by atoms with Crippen molar-refractivity contribution in [1.29, 1.82) is 5.26 Å². The predicted molar refractivity (Wildman–Crippen MR) is 56.0 cm³/mol. The zero-order valence-electron chi connectivity index (χ0n) is 10.1. The maximum absolute atomic E-state index is 12.4. The number of hydrogen-bond acceptors (Lipinski definition) is 3. The van der Waals surface area contributed by atoms with Crippen LogP contribution < -0.4 is 0 Å². The van der Waals surface area contributed by atoms with E-state index in [4.69, 9.17) is 10.4 Å². The van der Waals surface area contributed by atoms with Gasteiger partial charge in [0.2, 0.25) is 0 Å². The predicted octanol–water partition coefficient (Wildman–Crippen LogP) is 1.04. The second-order valence-corrected chi connectivity index (χ2v) is 4.27. The molecule has 0 saturated carbocycles. The summed E-state index contributed by atoms with van der Waals surface area (Å²) in [6.07, 6.45) is -6.54. The quantitative estimate of drug-likeness (QED) is 0.777. The van der Waals surface area contributed by atoms with Crippen LogP contribution in [0.15, 0.2) is 0 Å². The van der Waals surface area contributed by atoms with Crippen molar-refractivity contribution in [2.75, 3.05) is 20.1 Å². The van der Waals surface area contributed by atoms with E-state index in [1.807, 2.05) is 0 Å². The average Bonchev–Trinajstić information content (AvgIpc) is 2.35. The van der Waals surface area contributed by atoms with Gasteiger partial charge in [-0.15, -0.1) is 0 Å². The number of rotatable bonds is 1. The number of piperidine rings is 1. The first-order valence-corrected chi connectivity index (χ1v) is 5.38. The van der Waals surface area contributed by atoms with E-state index in [9.17, 15) is 22.8 Å². The molecule has 6 nitrogen and oxygen atoms in total. The summed E-state index contributed by atoms with van der Waals surface area (Å²) in [5, 5.41) is 17.8. The molecule has 0 bridgehead atoms. The Labute approximate surface area is 107 Å². The highest BCUT2D eigenvalue weighted by atomic mass is 19.4. The van der Waals surface area contributed by atoms with Gasteiger partial charge in [-0.2, -0.15) is 18.4 Å². The molecule has 1 N–H and O–H groups in total. The van der Waals surface area contributed by atoms with Gasteiger partial charge in [0, 0.05) is 33.0 Å². The van der Waals surface area contributed by atoms with Crippen molar-refractivity contribution in [3.8, 4) is 6.07 Å². The first-order chi connectivity index (χ1) is 8.64. The van der Waals surface area contributed by atoms with E-state index in [0.29, 0.717) is 4.90 Å². The number of nitriles is 1. The molecule has 1 saturated heterocycles. The summed E-state index contributed by atoms with van der Waals surface area (Å²) in [5.74, 6) is -2.10. The summed E-state index contributed by atoms with van der Waals surface area (Å²) in [5.41, 5.74) is -1.61. The Balaban J connectivity index is 2.88. The molecule has 1 aliphatic heterocycles. The third kappa shape index (κ3) is 2.89. The van der Waals surface area contributed by atoms with Crippen LogP contribution in [0.25, 0.3) is 0 Å². The molecule has 0 unspecified atom stereocenters. The first kappa shape index (κ1) is 15.1. The number of halogens is 3. The molecule has 0 aliphatic carbocycles. The van der Waals surface area contributed by atoms with Gasteiger partial charge in [0.15, 0.2) is 0 Å². The molecule has 0 spiro atoms. The van der Waals surface area contributed by atoms with Gasteiger partial charge in [-0.1, -0.05) is 0 Å². The van der Waals surface area contributed by atoms with Crippen LogP contribution in [0.5, 0.6) is 0 Å². The van der Waals surface area contributed by atoms with E-state index in [1.54, 1.807) is 6.07 Å². The van der Waals surface area contributed by atoms with Crippen LogP contribution in [-0.4, -0.2) is 58.8 Å². The molecule has 0 aromatic heterocycles. The van der Waals surface area contributed by atoms with Crippen LogP contribution >= 0.6 is 0 Å². The Morgan fingerprint density at radius 2 is 1.84 bits per heavy atom. The number of carbonyl (C=O) groups excluding carboxylic acids is 1. The molecule has 1 rings (SSSR count). The summed E-state index contributed by atoms with van der Waals surface area (Å²) in [4.78, 5) is 23.2. The van der Waals surface area contributed by atoms with E-state index < -0.39 is 23.7 Å². The van der Waals surface area contributed by atoms with E-state index >= 15 is 0 Å². The molecule has 1 fully saturated rings. The molecule has 19 heavy (non-hydrogen) atoms. The van der Waals surface area contributed by atoms with Crippen molar-refractivity contribution >= 4 is 12.0 Å². The van der Waals surface area contributed by atoms with Crippen molar-refractivity contribution < 1.29 is 27.9 Å². The molecular formula is C10H12F3N3O3. The minimum absolute atomic E-state index is 0.0849. The fourth-order valence-corrected chi connectivity index (χ4v) is 1.97. The summed E-state index contributed by atoms with van der Waals surface area (Å²) in [6.45, 7) is -0.170. The van der Waals surface area contributed by atoms with Gasteiger partial charge in [0.05, 0.1) is 6.07 Å². The van der Waals surface area contributed by atoms with Gasteiger partial charge < -0.3 is 14.9 Å². The summed E-state index contributed by atoms with van der Waals surface area (Å²) in [7, 11) is 0.912. The molecule has 0 aromatic rings. The van der Waals surface area contributed by atoms with Crippen LogP contribution in [-0.2, 0) is 4.79 Å². The Hall–Kier alpha value is -1.98. The SMILES string of the molecule is CN(C(=O)C(F)(F)F)C1(C#N)CCN(C(=O)O)CC1. The number of carboxylic acid groups (broad SMARTS) is 1. The Kier molecular flexibility index (Phi) is 3.93. The van der Waals surface area contributed by atoms with Gasteiger partial charge in [-0.05, 0) is 0 Å². The highest BCUT2D eigenvalue weighted by molar-refractivity contribution is 5.82. The zero-order chi connectivity index (χ0) is 14.8. The lowest BCUT2D eigenvalue weighted by atomic mass is 9.87. The van der Waals surface area contributed by atoms with Crippen LogP contribution in [0.3, 0.4) is 0 Å². The maximum Gasteiger partial charge on any atom is 0.471 e. The summed E-state index contributed by atoms with van der Waals surface area (Å²) < 4.78 is 37.1. The summed E-state index contributed by atoms with van der Waals surface area (Å²) in [6, 6.07) is 1.72. The smallest absolute Gasteiger partial charge is 0.465 e. The van der Waals surface area contributed by atoms with Gasteiger partial charge in [-0.25, -0.2) is 4.79 Å². The minimum atomic E-state index is -5.05. The second-order valence-electron chi connectivity index (χ2n) is 4.27. The van der Waals surface area contributed by atoms with E-state index in [0.717, 1.165) is 11.9 Å². The maximum atomic E-state index is 12.4. The number of alkyl halides is 3. The normalized spacial score (nSPS) is 18.6. The molecular weight excluding hydrogens is 267 g/mol. The monoisotopic (exact) mass is 279 g/mol. The lowest BCUT2D eigenvalue weighted by Crippen LogP contribution is -2.58. The van der Waals surface area contributed by atoms with Crippen molar-refractivity contribution in [1.82, 2.24) is 9.80 Å². The third-order valence-corrected chi connectivity index (χ3v) is 3.26. The Bertz CT molecular complexity index is 422. The minimum Gasteiger partial charge on any atom is -0.465 e. The van der Waals surface area contributed by atoms with Crippen LogP contribution in [0, 0.1) is 11.3 Å². The molecule has 0 aromatic carbocycles. The average molecular weight is 279 g/mol. The molecule has 0 radical (unpaired) electrons. The molecule has 2 amide bonds. The van der Waals surface area contributed by atoms with Gasteiger partial charge >= 0.3 is 18.2 Å². The second kappa shape index (κ2) is 4.95. The highest BCUT2D eigenvalue weighted by Gasteiger charge is 2.50. The number of nitrogens with zero attached hydrogens (tertiary/aromatic N) is 3. The number of carbonyl (C=O) groups is 2. The molecule has 1 heterocycles. The molecule has 9 heteroatoms. The van der Waals surface area contributed by atoms with Crippen molar-refractivity contribution in [3.05, 3.63) is 0 Å².